The van der Waals surface area contributed by atoms with Gasteiger partial charge in [0, 0.05) is 29.7 Å². The van der Waals surface area contributed by atoms with Gasteiger partial charge < -0.3 is 10.4 Å². The Morgan fingerprint density at radius 3 is 3.07 bits per heavy atom. The molecule has 0 aromatic carbocycles. The van der Waals surface area contributed by atoms with Gasteiger partial charge in [-0.25, -0.2) is 0 Å². The number of carbonyl (C=O) groups is 1. The van der Waals surface area contributed by atoms with Gasteiger partial charge in [-0.05, 0) is 28.1 Å². The molecule has 0 spiro atoms. The third-order valence-corrected chi connectivity index (χ3v) is 3.34. The summed E-state index contributed by atoms with van der Waals surface area (Å²) in [5.74, 6) is -1.18. The van der Waals surface area contributed by atoms with Gasteiger partial charge in [-0.2, -0.15) is 0 Å². The van der Waals surface area contributed by atoms with Crippen LogP contribution in [0.15, 0.2) is 22.8 Å². The normalized spacial score (nSPS) is 25.4. The van der Waals surface area contributed by atoms with Gasteiger partial charge in [0.05, 0.1) is 11.6 Å². The molecule has 0 aliphatic carbocycles. The number of hydrogen-bond acceptors (Lipinski definition) is 3. The van der Waals surface area contributed by atoms with E-state index < -0.39 is 5.97 Å². The number of carboxylic acid groups (broad SMARTS) is 1. The first-order chi connectivity index (χ1) is 7.20. The summed E-state index contributed by atoms with van der Waals surface area (Å²) >= 11 is 3.40. The maximum Gasteiger partial charge on any atom is 0.308 e. The van der Waals surface area contributed by atoms with Crippen LogP contribution in [0, 0.1) is 5.92 Å². The molecule has 5 heteroatoms. The summed E-state index contributed by atoms with van der Waals surface area (Å²) in [7, 11) is 0. The lowest BCUT2D eigenvalue weighted by atomic mass is 9.92. The van der Waals surface area contributed by atoms with Crippen molar-refractivity contribution in [3.05, 3.63) is 28.5 Å². The van der Waals surface area contributed by atoms with Crippen molar-refractivity contribution in [1.29, 1.82) is 0 Å². The lowest BCUT2D eigenvalue weighted by Crippen LogP contribution is -2.21. The van der Waals surface area contributed by atoms with E-state index in [1.54, 1.807) is 6.20 Å². The number of aliphatic carboxylic acids is 1. The van der Waals surface area contributed by atoms with Crippen LogP contribution in [-0.4, -0.2) is 29.1 Å². The molecule has 2 heterocycles. The van der Waals surface area contributed by atoms with Crippen molar-refractivity contribution in [2.24, 2.45) is 5.92 Å². The zero-order valence-electron chi connectivity index (χ0n) is 7.98. The fourth-order valence-corrected chi connectivity index (χ4v) is 2.45. The average Bonchev–Trinajstić information content (AvgIpc) is 2.67. The molecule has 0 amide bonds. The van der Waals surface area contributed by atoms with E-state index in [0.29, 0.717) is 13.1 Å². The maximum atomic E-state index is 11.0. The molecule has 2 rings (SSSR count). The van der Waals surface area contributed by atoms with E-state index in [9.17, 15) is 4.79 Å². The summed E-state index contributed by atoms with van der Waals surface area (Å²) in [6, 6.07) is 3.71. The summed E-state index contributed by atoms with van der Waals surface area (Å²) in [6.07, 6.45) is 1.69. The highest BCUT2D eigenvalue weighted by Gasteiger charge is 2.35. The van der Waals surface area contributed by atoms with E-state index in [2.05, 4.69) is 26.2 Å². The van der Waals surface area contributed by atoms with Crippen LogP contribution in [0.2, 0.25) is 0 Å². The number of nitrogens with one attached hydrogen (secondary N) is 1. The molecule has 0 bridgehead atoms. The number of hydrogen-bond donors (Lipinski definition) is 2. The van der Waals surface area contributed by atoms with Crippen molar-refractivity contribution in [2.45, 2.75) is 5.92 Å². The average molecular weight is 271 g/mol. The Bertz CT molecular complexity index is 383. The predicted molar refractivity (Wildman–Crippen MR) is 58.7 cm³/mol. The van der Waals surface area contributed by atoms with Gasteiger partial charge >= 0.3 is 5.97 Å². The van der Waals surface area contributed by atoms with Gasteiger partial charge in [0.2, 0.25) is 0 Å². The van der Waals surface area contributed by atoms with E-state index in [1.165, 1.54) is 0 Å². The molecule has 80 valence electrons. The van der Waals surface area contributed by atoms with E-state index in [-0.39, 0.29) is 11.8 Å². The molecular weight excluding hydrogens is 260 g/mol. The number of rotatable bonds is 2. The molecule has 1 aromatic heterocycles. The van der Waals surface area contributed by atoms with Crippen molar-refractivity contribution in [3.8, 4) is 0 Å². The van der Waals surface area contributed by atoms with Crippen molar-refractivity contribution >= 4 is 21.9 Å². The molecule has 1 aromatic rings. The van der Waals surface area contributed by atoms with Crippen LogP contribution in [0.3, 0.4) is 0 Å². The molecule has 0 saturated carbocycles. The van der Waals surface area contributed by atoms with Gasteiger partial charge in [-0.15, -0.1) is 0 Å². The van der Waals surface area contributed by atoms with E-state index in [1.807, 2.05) is 12.1 Å². The summed E-state index contributed by atoms with van der Waals surface area (Å²) < 4.78 is 0.880. The third kappa shape index (κ3) is 2.03. The van der Waals surface area contributed by atoms with Gasteiger partial charge in [0.25, 0.3) is 0 Å². The molecule has 1 saturated heterocycles. The van der Waals surface area contributed by atoms with Crippen LogP contribution in [0.1, 0.15) is 11.6 Å². The molecule has 15 heavy (non-hydrogen) atoms. The number of aromatic nitrogens is 1. The Morgan fingerprint density at radius 2 is 2.40 bits per heavy atom. The quantitative estimate of drug-likeness (QED) is 0.849. The third-order valence-electron chi connectivity index (χ3n) is 2.67. The Labute approximate surface area is 95.8 Å². The second kappa shape index (κ2) is 4.28. The SMILES string of the molecule is O=C(O)C1CNCC1c1ncccc1Br. The molecule has 2 atom stereocenters. The van der Waals surface area contributed by atoms with Crippen LogP contribution in [0.25, 0.3) is 0 Å². The predicted octanol–water partition coefficient (Wildman–Crippen LogP) is 1.23. The Balaban J connectivity index is 2.30. The molecule has 0 radical (unpaired) electrons. The fraction of sp³-hybridized carbons (Fsp3) is 0.400. The van der Waals surface area contributed by atoms with Crippen molar-refractivity contribution in [2.75, 3.05) is 13.1 Å². The number of pyridine rings is 1. The second-order valence-electron chi connectivity index (χ2n) is 3.58. The molecule has 1 aliphatic rings. The number of carboxylic acids is 1. The van der Waals surface area contributed by atoms with Crippen LogP contribution in [0.4, 0.5) is 0 Å². The zero-order valence-corrected chi connectivity index (χ0v) is 9.57. The highest BCUT2D eigenvalue weighted by molar-refractivity contribution is 9.10. The van der Waals surface area contributed by atoms with E-state index in [4.69, 9.17) is 5.11 Å². The lowest BCUT2D eigenvalue weighted by molar-refractivity contribution is -0.141. The molecule has 1 fully saturated rings. The molecule has 1 aliphatic heterocycles. The van der Waals surface area contributed by atoms with Gasteiger partial charge in [-0.1, -0.05) is 0 Å². The summed E-state index contributed by atoms with van der Waals surface area (Å²) in [4.78, 5) is 15.3. The van der Waals surface area contributed by atoms with E-state index >= 15 is 0 Å². The van der Waals surface area contributed by atoms with Crippen LogP contribution < -0.4 is 5.32 Å². The first-order valence-electron chi connectivity index (χ1n) is 4.74. The molecule has 2 unspecified atom stereocenters. The minimum Gasteiger partial charge on any atom is -0.481 e. The Morgan fingerprint density at radius 1 is 1.60 bits per heavy atom. The van der Waals surface area contributed by atoms with Gasteiger partial charge in [-0.3, -0.25) is 9.78 Å². The van der Waals surface area contributed by atoms with E-state index in [0.717, 1.165) is 10.2 Å². The second-order valence-corrected chi connectivity index (χ2v) is 4.43. The van der Waals surface area contributed by atoms with Crippen molar-refractivity contribution in [1.82, 2.24) is 10.3 Å². The van der Waals surface area contributed by atoms with Crippen molar-refractivity contribution < 1.29 is 9.90 Å². The molecular formula is C10H11BrN2O2. The minimum atomic E-state index is -0.762. The Kier molecular flexibility index (Phi) is 3.02. The van der Waals surface area contributed by atoms with Crippen LogP contribution >= 0.6 is 15.9 Å². The molecule has 2 N–H and O–H groups in total. The van der Waals surface area contributed by atoms with Gasteiger partial charge in [0.15, 0.2) is 0 Å². The topological polar surface area (TPSA) is 62.2 Å². The number of halogens is 1. The lowest BCUT2D eigenvalue weighted by Gasteiger charge is -2.14. The summed E-state index contributed by atoms with van der Waals surface area (Å²) in [5.41, 5.74) is 0.829. The zero-order chi connectivity index (χ0) is 10.8. The van der Waals surface area contributed by atoms with Crippen LogP contribution in [-0.2, 0) is 4.79 Å². The van der Waals surface area contributed by atoms with Gasteiger partial charge in [0.1, 0.15) is 0 Å². The largest absolute Gasteiger partial charge is 0.481 e. The maximum absolute atomic E-state index is 11.0. The van der Waals surface area contributed by atoms with Crippen molar-refractivity contribution in [3.63, 3.8) is 0 Å². The highest BCUT2D eigenvalue weighted by Crippen LogP contribution is 2.31. The Hall–Kier alpha value is -0.940. The summed E-state index contributed by atoms with van der Waals surface area (Å²) in [6.45, 7) is 1.19. The number of nitrogens with zero attached hydrogens (tertiary/aromatic N) is 1. The molecule has 4 nitrogen and oxygen atoms in total. The standard InChI is InChI=1S/C10H11BrN2O2/c11-8-2-1-3-13-9(8)6-4-12-5-7(6)10(14)15/h1-3,6-7,12H,4-5H2,(H,14,15). The first-order valence-corrected chi connectivity index (χ1v) is 5.53. The first kappa shape index (κ1) is 10.6. The highest BCUT2D eigenvalue weighted by atomic mass is 79.9. The fourth-order valence-electron chi connectivity index (χ4n) is 1.90. The monoisotopic (exact) mass is 270 g/mol. The smallest absolute Gasteiger partial charge is 0.308 e. The van der Waals surface area contributed by atoms with Crippen LogP contribution in [0.5, 0.6) is 0 Å². The minimum absolute atomic E-state index is 0.0434. The summed E-state index contributed by atoms with van der Waals surface area (Å²) in [5, 5.41) is 12.1.